The van der Waals surface area contributed by atoms with Crippen LogP contribution >= 0.6 is 15.9 Å². The van der Waals surface area contributed by atoms with Gasteiger partial charge >= 0.3 is 0 Å². The number of imidazole rings is 1. The van der Waals surface area contributed by atoms with Crippen molar-refractivity contribution in [2.24, 2.45) is 0 Å². The van der Waals surface area contributed by atoms with E-state index in [0.717, 1.165) is 20.9 Å². The lowest BCUT2D eigenvalue weighted by atomic mass is 10.1. The van der Waals surface area contributed by atoms with Gasteiger partial charge in [-0.2, -0.15) is 0 Å². The van der Waals surface area contributed by atoms with Crippen molar-refractivity contribution in [2.45, 2.75) is 13.2 Å². The molecule has 0 aliphatic carbocycles. The highest BCUT2D eigenvalue weighted by atomic mass is 79.9. The van der Waals surface area contributed by atoms with Gasteiger partial charge in [0.05, 0.1) is 12.1 Å². The smallest absolute Gasteiger partial charge is 0.134 e. The second-order valence-corrected chi connectivity index (χ2v) is 5.09. The van der Waals surface area contributed by atoms with E-state index < -0.39 is 0 Å². The largest absolute Gasteiger partial charge is 0.388 e. The van der Waals surface area contributed by atoms with Gasteiger partial charge in [-0.3, -0.25) is 4.98 Å². The predicted octanol–water partition coefficient (Wildman–Crippen LogP) is 2.73. The SMILES string of the molecule is OCc1nccn1Cc1ccc(Br)c2cccnc12. The van der Waals surface area contributed by atoms with Crippen LogP contribution in [0, 0.1) is 0 Å². The van der Waals surface area contributed by atoms with Crippen LogP contribution in [0.1, 0.15) is 11.4 Å². The molecule has 0 amide bonds. The van der Waals surface area contributed by atoms with Gasteiger partial charge in [0.2, 0.25) is 0 Å². The standard InChI is InChI=1S/C14H12BrN3O/c15-12-4-3-10(14-11(12)2-1-5-17-14)8-18-7-6-16-13(18)9-19/h1-7,19H,8-9H2. The van der Waals surface area contributed by atoms with Crippen molar-refractivity contribution in [3.8, 4) is 0 Å². The highest BCUT2D eigenvalue weighted by Gasteiger charge is 2.08. The van der Waals surface area contributed by atoms with Crippen LogP contribution in [0.5, 0.6) is 0 Å². The van der Waals surface area contributed by atoms with Crippen molar-refractivity contribution in [3.63, 3.8) is 0 Å². The van der Waals surface area contributed by atoms with E-state index in [2.05, 4.69) is 25.9 Å². The quantitative estimate of drug-likeness (QED) is 0.808. The van der Waals surface area contributed by atoms with Crippen molar-refractivity contribution < 1.29 is 5.11 Å². The van der Waals surface area contributed by atoms with Gasteiger partial charge in [-0.25, -0.2) is 4.98 Å². The normalized spacial score (nSPS) is 11.1. The highest BCUT2D eigenvalue weighted by Crippen LogP contribution is 2.25. The fourth-order valence-electron chi connectivity index (χ4n) is 2.14. The highest BCUT2D eigenvalue weighted by molar-refractivity contribution is 9.10. The Labute approximate surface area is 118 Å². The van der Waals surface area contributed by atoms with Gasteiger partial charge in [-0.1, -0.05) is 28.1 Å². The zero-order chi connectivity index (χ0) is 13.2. The van der Waals surface area contributed by atoms with Gasteiger partial charge in [0, 0.05) is 28.4 Å². The molecule has 5 heteroatoms. The van der Waals surface area contributed by atoms with Crippen molar-refractivity contribution in [2.75, 3.05) is 0 Å². The van der Waals surface area contributed by atoms with E-state index in [1.54, 1.807) is 12.4 Å². The number of rotatable bonds is 3. The summed E-state index contributed by atoms with van der Waals surface area (Å²) in [5.74, 6) is 0.659. The van der Waals surface area contributed by atoms with Crippen molar-refractivity contribution in [3.05, 3.63) is 58.7 Å². The van der Waals surface area contributed by atoms with Crippen LogP contribution in [0.25, 0.3) is 10.9 Å². The van der Waals surface area contributed by atoms with E-state index in [1.807, 2.05) is 35.0 Å². The number of aromatic nitrogens is 3. The maximum atomic E-state index is 9.24. The molecule has 1 aromatic carbocycles. The van der Waals surface area contributed by atoms with E-state index in [4.69, 9.17) is 0 Å². The lowest BCUT2D eigenvalue weighted by Gasteiger charge is -2.09. The molecule has 0 aliphatic heterocycles. The van der Waals surface area contributed by atoms with Crippen LogP contribution in [-0.2, 0) is 13.2 Å². The molecule has 2 heterocycles. The molecular weight excluding hydrogens is 306 g/mol. The van der Waals surface area contributed by atoms with E-state index in [0.29, 0.717) is 12.4 Å². The zero-order valence-corrected chi connectivity index (χ0v) is 11.7. The number of halogens is 1. The monoisotopic (exact) mass is 317 g/mol. The molecule has 19 heavy (non-hydrogen) atoms. The molecule has 3 rings (SSSR count). The number of aliphatic hydroxyl groups is 1. The minimum Gasteiger partial charge on any atom is -0.388 e. The molecule has 0 unspecified atom stereocenters. The molecule has 0 saturated heterocycles. The van der Waals surface area contributed by atoms with Crippen molar-refractivity contribution in [1.29, 1.82) is 0 Å². The van der Waals surface area contributed by atoms with Gasteiger partial charge in [0.15, 0.2) is 0 Å². The van der Waals surface area contributed by atoms with Gasteiger partial charge in [0.1, 0.15) is 12.4 Å². The summed E-state index contributed by atoms with van der Waals surface area (Å²) in [6.07, 6.45) is 5.35. The number of benzene rings is 1. The average Bonchev–Trinajstić information content (AvgIpc) is 2.89. The van der Waals surface area contributed by atoms with E-state index in [1.165, 1.54) is 0 Å². The lowest BCUT2D eigenvalue weighted by Crippen LogP contribution is -2.05. The van der Waals surface area contributed by atoms with Crippen LogP contribution in [-0.4, -0.2) is 19.6 Å². The number of hydrogen-bond acceptors (Lipinski definition) is 3. The maximum absolute atomic E-state index is 9.24. The molecule has 0 radical (unpaired) electrons. The molecule has 0 spiro atoms. The van der Waals surface area contributed by atoms with Crippen LogP contribution in [0.2, 0.25) is 0 Å². The summed E-state index contributed by atoms with van der Waals surface area (Å²) in [5, 5.41) is 10.3. The number of nitrogens with zero attached hydrogens (tertiary/aromatic N) is 3. The molecule has 96 valence electrons. The van der Waals surface area contributed by atoms with E-state index >= 15 is 0 Å². The Morgan fingerprint density at radius 3 is 2.89 bits per heavy atom. The molecule has 2 aromatic heterocycles. The van der Waals surface area contributed by atoms with Gasteiger partial charge in [-0.05, 0) is 17.7 Å². The minimum absolute atomic E-state index is 0.0606. The Bertz CT molecular complexity index is 724. The second-order valence-electron chi connectivity index (χ2n) is 4.24. The Balaban J connectivity index is 2.09. The number of hydrogen-bond donors (Lipinski definition) is 1. The molecule has 0 aliphatic rings. The number of pyridine rings is 1. The molecule has 4 nitrogen and oxygen atoms in total. The van der Waals surface area contributed by atoms with Gasteiger partial charge in [-0.15, -0.1) is 0 Å². The Hall–Kier alpha value is -1.72. The van der Waals surface area contributed by atoms with Crippen molar-refractivity contribution in [1.82, 2.24) is 14.5 Å². The Kier molecular flexibility index (Phi) is 3.31. The summed E-state index contributed by atoms with van der Waals surface area (Å²) in [6.45, 7) is 0.589. The summed E-state index contributed by atoms with van der Waals surface area (Å²) < 4.78 is 2.96. The van der Waals surface area contributed by atoms with Crippen LogP contribution < -0.4 is 0 Å². The third-order valence-electron chi connectivity index (χ3n) is 3.08. The van der Waals surface area contributed by atoms with E-state index in [9.17, 15) is 5.11 Å². The summed E-state index contributed by atoms with van der Waals surface area (Å²) in [7, 11) is 0. The third-order valence-corrected chi connectivity index (χ3v) is 3.78. The molecule has 0 saturated carbocycles. The topological polar surface area (TPSA) is 50.9 Å². The molecule has 0 atom stereocenters. The predicted molar refractivity (Wildman–Crippen MR) is 76.7 cm³/mol. The van der Waals surface area contributed by atoms with Crippen LogP contribution in [0.3, 0.4) is 0 Å². The summed E-state index contributed by atoms with van der Waals surface area (Å²) in [4.78, 5) is 8.56. The van der Waals surface area contributed by atoms with Gasteiger partial charge in [0.25, 0.3) is 0 Å². The minimum atomic E-state index is -0.0606. The number of aliphatic hydroxyl groups excluding tert-OH is 1. The molecule has 0 fully saturated rings. The number of fused-ring (bicyclic) bond motifs is 1. The first-order valence-corrected chi connectivity index (χ1v) is 6.72. The fourth-order valence-corrected chi connectivity index (χ4v) is 2.60. The fraction of sp³-hybridized carbons (Fsp3) is 0.143. The van der Waals surface area contributed by atoms with Gasteiger partial charge < -0.3 is 9.67 Å². The first kappa shape index (κ1) is 12.3. The summed E-state index contributed by atoms with van der Waals surface area (Å²) in [5.41, 5.74) is 2.07. The first-order chi connectivity index (χ1) is 9.29. The maximum Gasteiger partial charge on any atom is 0.134 e. The van der Waals surface area contributed by atoms with Crippen molar-refractivity contribution >= 4 is 26.8 Å². The molecule has 1 N–H and O–H groups in total. The Morgan fingerprint density at radius 2 is 2.05 bits per heavy atom. The molecular formula is C14H12BrN3O. The lowest BCUT2D eigenvalue weighted by molar-refractivity contribution is 0.266. The Morgan fingerprint density at radius 1 is 1.16 bits per heavy atom. The summed E-state index contributed by atoms with van der Waals surface area (Å²) >= 11 is 3.54. The van der Waals surface area contributed by atoms with E-state index in [-0.39, 0.29) is 6.61 Å². The first-order valence-electron chi connectivity index (χ1n) is 5.92. The second kappa shape index (κ2) is 5.11. The molecule has 0 bridgehead atoms. The third kappa shape index (κ3) is 2.27. The average molecular weight is 318 g/mol. The van der Waals surface area contributed by atoms with Crippen LogP contribution in [0.15, 0.2) is 47.3 Å². The summed E-state index contributed by atoms with van der Waals surface area (Å²) in [6, 6.07) is 8.03. The zero-order valence-electron chi connectivity index (χ0n) is 10.1. The van der Waals surface area contributed by atoms with Crippen LogP contribution in [0.4, 0.5) is 0 Å². The molecule has 3 aromatic rings.